The standard InChI is InChI=1S/C19H21ClFN3O3.ClH/c1-11(22)3-8-18(25)23-13-5-7-17(27-2)16(10-13)24-19(26)14-6-4-12(20)9-15(14)21;/h4-7,9-11H,3,8,22H2,1-2H3,(H,23,25)(H,24,26);1H. The molecule has 0 bridgehead atoms. The van der Waals surface area contributed by atoms with Crippen LogP contribution >= 0.6 is 24.0 Å². The van der Waals surface area contributed by atoms with Crippen molar-refractivity contribution in [3.05, 3.63) is 52.8 Å². The number of hydrogen-bond acceptors (Lipinski definition) is 4. The molecule has 0 aliphatic heterocycles. The van der Waals surface area contributed by atoms with Gasteiger partial charge in [0.1, 0.15) is 11.6 Å². The molecule has 2 aromatic rings. The van der Waals surface area contributed by atoms with Crippen LogP contribution in [0, 0.1) is 5.82 Å². The highest BCUT2D eigenvalue weighted by Gasteiger charge is 2.15. The molecule has 2 rings (SSSR count). The van der Waals surface area contributed by atoms with Gasteiger partial charge in [0, 0.05) is 23.2 Å². The van der Waals surface area contributed by atoms with Gasteiger partial charge in [-0.25, -0.2) is 4.39 Å². The maximum atomic E-state index is 13.9. The molecular weight excluding hydrogens is 408 g/mol. The molecule has 0 saturated carbocycles. The van der Waals surface area contributed by atoms with Gasteiger partial charge in [-0.1, -0.05) is 11.6 Å². The van der Waals surface area contributed by atoms with Crippen molar-refractivity contribution >= 4 is 47.2 Å². The third-order valence-electron chi connectivity index (χ3n) is 3.73. The number of anilines is 2. The van der Waals surface area contributed by atoms with Crippen LogP contribution < -0.4 is 21.1 Å². The number of hydrogen-bond donors (Lipinski definition) is 3. The minimum Gasteiger partial charge on any atom is -0.495 e. The average Bonchev–Trinajstić information content (AvgIpc) is 2.60. The zero-order chi connectivity index (χ0) is 20.0. The molecule has 0 saturated heterocycles. The van der Waals surface area contributed by atoms with Crippen LogP contribution in [0.1, 0.15) is 30.1 Å². The molecule has 0 spiro atoms. The van der Waals surface area contributed by atoms with Gasteiger partial charge in [-0.15, -0.1) is 12.4 Å². The van der Waals surface area contributed by atoms with Crippen molar-refractivity contribution in [3.8, 4) is 5.75 Å². The molecule has 6 nitrogen and oxygen atoms in total. The van der Waals surface area contributed by atoms with Gasteiger partial charge in [0.05, 0.1) is 18.4 Å². The second-order valence-corrected chi connectivity index (χ2v) is 6.49. The number of methoxy groups -OCH3 is 1. The summed E-state index contributed by atoms with van der Waals surface area (Å²) in [5.41, 5.74) is 6.25. The third kappa shape index (κ3) is 6.67. The molecule has 28 heavy (non-hydrogen) atoms. The second-order valence-electron chi connectivity index (χ2n) is 6.06. The Hall–Kier alpha value is -2.35. The van der Waals surface area contributed by atoms with Gasteiger partial charge in [-0.3, -0.25) is 9.59 Å². The lowest BCUT2D eigenvalue weighted by molar-refractivity contribution is -0.116. The molecule has 1 unspecified atom stereocenters. The summed E-state index contributed by atoms with van der Waals surface area (Å²) in [5.74, 6) is -1.23. The van der Waals surface area contributed by atoms with Crippen molar-refractivity contribution in [1.82, 2.24) is 0 Å². The van der Waals surface area contributed by atoms with Crippen LogP contribution in [-0.4, -0.2) is 25.0 Å². The van der Waals surface area contributed by atoms with Crippen LogP contribution in [0.2, 0.25) is 5.02 Å². The lowest BCUT2D eigenvalue weighted by Crippen LogP contribution is -2.19. The Morgan fingerprint density at radius 2 is 1.93 bits per heavy atom. The van der Waals surface area contributed by atoms with Crippen LogP contribution in [0.4, 0.5) is 15.8 Å². The summed E-state index contributed by atoms with van der Waals surface area (Å²) < 4.78 is 19.2. The Bertz CT molecular complexity index is 847. The molecule has 0 aliphatic rings. The average molecular weight is 430 g/mol. The van der Waals surface area contributed by atoms with Gasteiger partial charge in [-0.05, 0) is 49.7 Å². The third-order valence-corrected chi connectivity index (χ3v) is 3.97. The van der Waals surface area contributed by atoms with Crippen molar-refractivity contribution in [1.29, 1.82) is 0 Å². The second kappa shape index (κ2) is 10.8. The topological polar surface area (TPSA) is 93.4 Å². The SMILES string of the molecule is COc1ccc(NC(=O)CCC(C)N)cc1NC(=O)c1ccc(Cl)cc1F.Cl. The quantitative estimate of drug-likeness (QED) is 0.613. The number of amides is 2. The molecule has 0 fully saturated rings. The molecule has 4 N–H and O–H groups in total. The van der Waals surface area contributed by atoms with Gasteiger partial charge < -0.3 is 21.1 Å². The van der Waals surface area contributed by atoms with Crippen molar-refractivity contribution in [2.24, 2.45) is 5.73 Å². The van der Waals surface area contributed by atoms with E-state index in [-0.39, 0.29) is 41.4 Å². The zero-order valence-corrected chi connectivity index (χ0v) is 17.0. The number of halogens is 3. The first kappa shape index (κ1) is 23.7. The molecule has 0 aromatic heterocycles. The lowest BCUT2D eigenvalue weighted by Gasteiger charge is -2.13. The summed E-state index contributed by atoms with van der Waals surface area (Å²) in [6.45, 7) is 1.82. The van der Waals surface area contributed by atoms with Crippen LogP contribution in [0.25, 0.3) is 0 Å². The summed E-state index contributed by atoms with van der Waals surface area (Å²) >= 11 is 5.70. The molecule has 1 atom stereocenters. The van der Waals surface area contributed by atoms with E-state index in [9.17, 15) is 14.0 Å². The van der Waals surface area contributed by atoms with Crippen molar-refractivity contribution in [2.75, 3.05) is 17.7 Å². The van der Waals surface area contributed by atoms with E-state index in [0.29, 0.717) is 23.5 Å². The fourth-order valence-electron chi connectivity index (χ4n) is 2.33. The predicted octanol–water partition coefficient (Wildman–Crippen LogP) is 4.23. The fraction of sp³-hybridized carbons (Fsp3) is 0.263. The molecule has 2 amide bonds. The van der Waals surface area contributed by atoms with E-state index in [2.05, 4.69) is 10.6 Å². The summed E-state index contributed by atoms with van der Waals surface area (Å²) in [6, 6.07) is 8.47. The highest BCUT2D eigenvalue weighted by molar-refractivity contribution is 6.30. The van der Waals surface area contributed by atoms with Crippen LogP contribution in [0.5, 0.6) is 5.75 Å². The monoisotopic (exact) mass is 429 g/mol. The predicted molar refractivity (Wildman–Crippen MR) is 111 cm³/mol. The smallest absolute Gasteiger partial charge is 0.258 e. The van der Waals surface area contributed by atoms with E-state index in [1.165, 1.54) is 25.3 Å². The zero-order valence-electron chi connectivity index (χ0n) is 15.4. The Morgan fingerprint density at radius 3 is 2.54 bits per heavy atom. The molecule has 152 valence electrons. The highest BCUT2D eigenvalue weighted by Crippen LogP contribution is 2.29. The molecule has 0 heterocycles. The van der Waals surface area contributed by atoms with E-state index in [0.717, 1.165) is 6.07 Å². The summed E-state index contributed by atoms with van der Waals surface area (Å²) in [6.07, 6.45) is 0.836. The van der Waals surface area contributed by atoms with Gasteiger partial charge in [0.2, 0.25) is 5.91 Å². The molecular formula is C19H22Cl2FN3O3. The fourth-order valence-corrected chi connectivity index (χ4v) is 2.49. The normalized spacial score (nSPS) is 11.2. The highest BCUT2D eigenvalue weighted by atomic mass is 35.5. The Labute approximate surface area is 174 Å². The lowest BCUT2D eigenvalue weighted by atomic mass is 10.1. The maximum Gasteiger partial charge on any atom is 0.258 e. The Kier molecular flexibility index (Phi) is 9.18. The summed E-state index contributed by atoms with van der Waals surface area (Å²) in [7, 11) is 1.44. The van der Waals surface area contributed by atoms with E-state index < -0.39 is 11.7 Å². The maximum absolute atomic E-state index is 13.9. The van der Waals surface area contributed by atoms with E-state index in [4.69, 9.17) is 22.1 Å². The number of ether oxygens (including phenoxy) is 1. The minimum atomic E-state index is -0.737. The number of benzene rings is 2. The molecule has 2 aromatic carbocycles. The first-order chi connectivity index (χ1) is 12.8. The first-order valence-electron chi connectivity index (χ1n) is 8.30. The number of nitrogens with two attached hydrogens (primary N) is 1. The van der Waals surface area contributed by atoms with Crippen molar-refractivity contribution in [3.63, 3.8) is 0 Å². The summed E-state index contributed by atoms with van der Waals surface area (Å²) in [5, 5.41) is 5.50. The van der Waals surface area contributed by atoms with Crippen LogP contribution in [0.15, 0.2) is 36.4 Å². The number of nitrogens with one attached hydrogen (secondary N) is 2. The van der Waals surface area contributed by atoms with E-state index in [1.54, 1.807) is 12.1 Å². The van der Waals surface area contributed by atoms with Crippen LogP contribution in [-0.2, 0) is 4.79 Å². The number of carbonyl (C=O) groups is 2. The number of rotatable bonds is 7. The van der Waals surface area contributed by atoms with Gasteiger partial charge >= 0.3 is 0 Å². The Balaban J connectivity index is 0.00000392. The van der Waals surface area contributed by atoms with Crippen molar-refractivity contribution in [2.45, 2.75) is 25.8 Å². The van der Waals surface area contributed by atoms with Gasteiger partial charge in [0.15, 0.2) is 0 Å². The van der Waals surface area contributed by atoms with Gasteiger partial charge in [-0.2, -0.15) is 0 Å². The summed E-state index contributed by atoms with van der Waals surface area (Å²) in [4.78, 5) is 24.3. The van der Waals surface area contributed by atoms with E-state index in [1.807, 2.05) is 6.92 Å². The number of carbonyl (C=O) groups excluding carboxylic acids is 2. The van der Waals surface area contributed by atoms with Gasteiger partial charge in [0.25, 0.3) is 5.91 Å². The largest absolute Gasteiger partial charge is 0.495 e. The molecule has 9 heteroatoms. The van der Waals surface area contributed by atoms with E-state index >= 15 is 0 Å². The molecule has 0 aliphatic carbocycles. The van der Waals surface area contributed by atoms with Crippen molar-refractivity contribution < 1.29 is 18.7 Å². The first-order valence-corrected chi connectivity index (χ1v) is 8.68. The molecule has 0 radical (unpaired) electrons. The van der Waals surface area contributed by atoms with Crippen LogP contribution in [0.3, 0.4) is 0 Å². The Morgan fingerprint density at radius 1 is 1.21 bits per heavy atom. The minimum absolute atomic E-state index is 0.